The van der Waals surface area contributed by atoms with Gasteiger partial charge in [-0.3, -0.25) is 14.4 Å². The molecule has 4 fully saturated rings. The Hall–Kier alpha value is -1.96. The second kappa shape index (κ2) is 4.56. The lowest BCUT2D eigenvalue weighted by atomic mass is 9.70. The quantitative estimate of drug-likeness (QED) is 0.740. The van der Waals surface area contributed by atoms with Crippen molar-refractivity contribution >= 4 is 17.5 Å². The van der Waals surface area contributed by atoms with Gasteiger partial charge in [-0.1, -0.05) is 18.2 Å². The number of hydrogen-bond donors (Lipinski definition) is 2. The highest BCUT2D eigenvalue weighted by atomic mass is 16.7. The van der Waals surface area contributed by atoms with Crippen molar-refractivity contribution in [3.8, 4) is 0 Å². The molecule has 1 aromatic rings. The maximum Gasteiger partial charge on any atom is 0.264 e. The first-order valence-corrected chi connectivity index (χ1v) is 8.18. The average molecular weight is 330 g/mol. The third-order valence-electron chi connectivity index (χ3n) is 6.13. The van der Waals surface area contributed by atoms with Crippen LogP contribution in [0.25, 0.3) is 0 Å². The molecule has 6 atom stereocenters. The normalized spacial score (nSPS) is 42.4. The molecule has 6 rings (SSSR count). The zero-order chi connectivity index (χ0) is 16.6. The smallest absolute Gasteiger partial charge is 0.264 e. The van der Waals surface area contributed by atoms with Crippen LogP contribution in [0.5, 0.6) is 0 Å². The number of nitrogens with zero attached hydrogens (tertiary/aromatic N) is 1. The van der Waals surface area contributed by atoms with E-state index in [2.05, 4.69) is 5.32 Å². The van der Waals surface area contributed by atoms with Crippen molar-refractivity contribution in [2.75, 3.05) is 18.8 Å². The fraction of sp³-hybridized carbons (Fsp3) is 0.529. The van der Waals surface area contributed by atoms with Gasteiger partial charge >= 0.3 is 0 Å². The molecule has 5 aliphatic rings. The molecule has 1 saturated carbocycles. The van der Waals surface area contributed by atoms with E-state index in [4.69, 9.17) is 9.57 Å². The van der Waals surface area contributed by atoms with Crippen molar-refractivity contribution in [2.45, 2.75) is 30.1 Å². The van der Waals surface area contributed by atoms with Gasteiger partial charge in [0.25, 0.3) is 5.91 Å². The molecule has 4 bridgehead atoms. The van der Waals surface area contributed by atoms with E-state index in [9.17, 15) is 14.7 Å². The van der Waals surface area contributed by atoms with Crippen molar-refractivity contribution in [1.29, 1.82) is 0 Å². The first-order chi connectivity index (χ1) is 11.6. The van der Waals surface area contributed by atoms with Gasteiger partial charge in [0, 0.05) is 12.0 Å². The zero-order valence-corrected chi connectivity index (χ0v) is 13.1. The van der Waals surface area contributed by atoms with Crippen LogP contribution in [0, 0.1) is 11.8 Å². The minimum Gasteiger partial charge on any atom is -0.390 e. The Morgan fingerprint density at radius 1 is 1.38 bits per heavy atom. The van der Waals surface area contributed by atoms with Crippen molar-refractivity contribution in [3.05, 3.63) is 29.8 Å². The topological polar surface area (TPSA) is 88.1 Å². The molecular formula is C17H18N2O5. The molecule has 0 unspecified atom stereocenters. The first kappa shape index (κ1) is 14.4. The number of aliphatic hydroxyl groups excluding tert-OH is 1. The Morgan fingerprint density at radius 3 is 2.96 bits per heavy atom. The molecule has 4 heterocycles. The number of nitrogens with one attached hydrogen (secondary N) is 1. The Balaban J connectivity index is 1.74. The first-order valence-electron chi connectivity index (χ1n) is 8.18. The molecule has 1 spiro atoms. The molecule has 2 amide bonds. The van der Waals surface area contributed by atoms with Crippen LogP contribution in [0.1, 0.15) is 12.0 Å². The predicted octanol–water partition coefficient (Wildman–Crippen LogP) is -0.273. The summed E-state index contributed by atoms with van der Waals surface area (Å²) in [6, 6.07) is 7.24. The van der Waals surface area contributed by atoms with Crippen LogP contribution in [0.15, 0.2) is 24.3 Å². The maximum atomic E-state index is 13.3. The standard InChI is InChI=1S/C17H18N2O5/c1-23-19-11-5-3-2-4-9(11)17(16(19)22)6-10-8-7-24-14(17)13(20)12(8)15(21)18-10/h2-5,8,10,12-14,20H,6-7H2,1H3,(H,18,21)/t8-,10+,12-,13+,14+,17+/m1/s1. The van der Waals surface area contributed by atoms with Gasteiger partial charge < -0.3 is 15.2 Å². The number of ether oxygens (including phenoxy) is 1. The highest BCUT2D eigenvalue weighted by Gasteiger charge is 2.68. The number of fused-ring (bicyclic) bond motifs is 2. The summed E-state index contributed by atoms with van der Waals surface area (Å²) in [4.78, 5) is 30.8. The van der Waals surface area contributed by atoms with E-state index in [1.807, 2.05) is 24.3 Å². The van der Waals surface area contributed by atoms with Crippen LogP contribution in [0.3, 0.4) is 0 Å². The van der Waals surface area contributed by atoms with Gasteiger partial charge in [-0.15, -0.1) is 0 Å². The Kier molecular flexibility index (Phi) is 2.73. The van der Waals surface area contributed by atoms with E-state index in [1.165, 1.54) is 12.2 Å². The molecule has 1 aliphatic carbocycles. The largest absolute Gasteiger partial charge is 0.390 e. The van der Waals surface area contributed by atoms with Crippen LogP contribution in [0.4, 0.5) is 5.69 Å². The Morgan fingerprint density at radius 2 is 2.17 bits per heavy atom. The molecule has 0 radical (unpaired) electrons. The van der Waals surface area contributed by atoms with E-state index in [0.717, 1.165) is 5.56 Å². The third kappa shape index (κ3) is 1.44. The highest BCUT2D eigenvalue weighted by Crippen LogP contribution is 2.55. The van der Waals surface area contributed by atoms with Gasteiger partial charge in [-0.2, -0.15) is 5.06 Å². The van der Waals surface area contributed by atoms with E-state index < -0.39 is 23.5 Å². The van der Waals surface area contributed by atoms with Crippen LogP contribution < -0.4 is 10.4 Å². The minimum atomic E-state index is -1.03. The van der Waals surface area contributed by atoms with Crippen molar-refractivity contribution < 1.29 is 24.3 Å². The fourth-order valence-electron chi connectivity index (χ4n) is 5.15. The molecule has 1 aromatic carbocycles. The molecule has 3 saturated heterocycles. The number of hydroxylamine groups is 1. The SMILES string of the molecule is CON1C(=O)[C@@]2(C[C@@H]3NC(=O)[C@H]4[C@H](O)[C@@H]2OC[C@@H]43)c2ccccc21. The van der Waals surface area contributed by atoms with Gasteiger partial charge in [0.1, 0.15) is 11.5 Å². The maximum absolute atomic E-state index is 13.3. The van der Waals surface area contributed by atoms with Gasteiger partial charge in [0.2, 0.25) is 5.91 Å². The lowest BCUT2D eigenvalue weighted by molar-refractivity contribution is -0.164. The fourth-order valence-corrected chi connectivity index (χ4v) is 5.15. The summed E-state index contributed by atoms with van der Waals surface area (Å²) in [5.41, 5.74) is 0.435. The number of hydrogen-bond acceptors (Lipinski definition) is 5. The lowest BCUT2D eigenvalue weighted by Gasteiger charge is -2.41. The number of benzene rings is 1. The molecule has 7 heteroatoms. The molecule has 7 nitrogen and oxygen atoms in total. The number of anilines is 1. The molecule has 24 heavy (non-hydrogen) atoms. The number of carbonyl (C=O) groups excluding carboxylic acids is 2. The van der Waals surface area contributed by atoms with Crippen molar-refractivity contribution in [1.82, 2.24) is 5.32 Å². The molecule has 4 aliphatic heterocycles. The number of para-hydroxylation sites is 1. The number of amides is 2. The van der Waals surface area contributed by atoms with Crippen LogP contribution in [-0.4, -0.2) is 48.9 Å². The number of rotatable bonds is 1. The van der Waals surface area contributed by atoms with Crippen molar-refractivity contribution in [3.63, 3.8) is 0 Å². The third-order valence-corrected chi connectivity index (χ3v) is 6.13. The Labute approximate surface area is 138 Å². The summed E-state index contributed by atoms with van der Waals surface area (Å²) in [5, 5.41) is 15.1. The number of aliphatic hydroxyl groups is 1. The molecule has 0 aromatic heterocycles. The summed E-state index contributed by atoms with van der Waals surface area (Å²) in [5.74, 6) is -0.981. The second-order valence-corrected chi connectivity index (χ2v) is 7.02. The summed E-state index contributed by atoms with van der Waals surface area (Å²) < 4.78 is 5.96. The van der Waals surface area contributed by atoms with E-state index in [0.29, 0.717) is 18.7 Å². The second-order valence-electron chi connectivity index (χ2n) is 7.02. The predicted molar refractivity (Wildman–Crippen MR) is 81.9 cm³/mol. The van der Waals surface area contributed by atoms with Crippen LogP contribution in [0.2, 0.25) is 0 Å². The molecule has 126 valence electrons. The van der Waals surface area contributed by atoms with Crippen LogP contribution in [-0.2, 0) is 24.6 Å². The van der Waals surface area contributed by atoms with E-state index in [1.54, 1.807) is 0 Å². The summed E-state index contributed by atoms with van der Waals surface area (Å²) >= 11 is 0. The van der Waals surface area contributed by atoms with Gasteiger partial charge in [0.15, 0.2) is 0 Å². The summed E-state index contributed by atoms with van der Waals surface area (Å²) in [7, 11) is 1.45. The van der Waals surface area contributed by atoms with Gasteiger partial charge in [-0.25, -0.2) is 0 Å². The monoisotopic (exact) mass is 330 g/mol. The molecule has 2 N–H and O–H groups in total. The lowest BCUT2D eigenvalue weighted by Crippen LogP contribution is -2.59. The van der Waals surface area contributed by atoms with Crippen LogP contribution >= 0.6 is 0 Å². The summed E-state index contributed by atoms with van der Waals surface area (Å²) in [6.45, 7) is 0.375. The van der Waals surface area contributed by atoms with Gasteiger partial charge in [0.05, 0.1) is 31.4 Å². The average Bonchev–Trinajstić information content (AvgIpc) is 2.91. The minimum absolute atomic E-state index is 0.0975. The van der Waals surface area contributed by atoms with Gasteiger partial charge in [-0.05, 0) is 18.1 Å². The van der Waals surface area contributed by atoms with Crippen molar-refractivity contribution in [2.24, 2.45) is 11.8 Å². The summed E-state index contributed by atoms with van der Waals surface area (Å²) in [6.07, 6.45) is -1.34. The zero-order valence-electron chi connectivity index (χ0n) is 13.1. The van der Waals surface area contributed by atoms with E-state index in [-0.39, 0.29) is 23.8 Å². The van der Waals surface area contributed by atoms with E-state index >= 15 is 0 Å². The number of carbonyl (C=O) groups is 2. The molecular weight excluding hydrogens is 312 g/mol. The highest BCUT2D eigenvalue weighted by molar-refractivity contribution is 6.07. The Bertz CT molecular complexity index is 752.